The van der Waals surface area contributed by atoms with Gasteiger partial charge in [0.2, 0.25) is 0 Å². The Hall–Kier alpha value is -1.89. The van der Waals surface area contributed by atoms with Crippen molar-refractivity contribution in [1.82, 2.24) is 9.66 Å². The van der Waals surface area contributed by atoms with Gasteiger partial charge in [-0.1, -0.05) is 53.0 Å². The van der Waals surface area contributed by atoms with Crippen LogP contribution in [-0.4, -0.2) is 23.0 Å². The van der Waals surface area contributed by atoms with Gasteiger partial charge in [0.25, 0.3) is 5.56 Å². The fourth-order valence-electron chi connectivity index (χ4n) is 2.62. The fraction of sp³-hybridized carbons (Fsp3) is 0.211. The van der Waals surface area contributed by atoms with Crippen molar-refractivity contribution in [2.45, 2.75) is 19.8 Å². The highest BCUT2D eigenvalue weighted by Gasteiger charge is 2.14. The van der Waals surface area contributed by atoms with Crippen LogP contribution in [0.15, 0.2) is 44.7 Å². The van der Waals surface area contributed by atoms with Gasteiger partial charge in [-0.15, -0.1) is 0 Å². The third-order valence-electron chi connectivity index (χ3n) is 3.90. The third kappa shape index (κ3) is 4.03. The maximum atomic E-state index is 13.0. The summed E-state index contributed by atoms with van der Waals surface area (Å²) in [6.07, 6.45) is 1.52. The van der Waals surface area contributed by atoms with E-state index in [4.69, 9.17) is 27.9 Å². The molecule has 8 heteroatoms. The van der Waals surface area contributed by atoms with Crippen molar-refractivity contribution in [2.75, 3.05) is 7.11 Å². The molecule has 0 N–H and O–H groups in total. The molecule has 140 valence electrons. The third-order valence-corrected chi connectivity index (χ3v) is 4.95. The molecule has 0 atom stereocenters. The summed E-state index contributed by atoms with van der Waals surface area (Å²) in [6.45, 7) is 3.92. The Kier molecular flexibility index (Phi) is 5.89. The summed E-state index contributed by atoms with van der Waals surface area (Å²) in [5, 5.41) is 5.57. The van der Waals surface area contributed by atoms with Crippen molar-refractivity contribution >= 4 is 56.2 Å². The van der Waals surface area contributed by atoms with Crippen LogP contribution < -0.4 is 10.3 Å². The number of methoxy groups -OCH3 is 1. The van der Waals surface area contributed by atoms with Crippen molar-refractivity contribution in [3.63, 3.8) is 0 Å². The monoisotopic (exact) mass is 467 g/mol. The van der Waals surface area contributed by atoms with Gasteiger partial charge in [-0.25, -0.2) is 4.98 Å². The molecule has 0 aliphatic heterocycles. The first-order chi connectivity index (χ1) is 12.8. The van der Waals surface area contributed by atoms with Crippen molar-refractivity contribution in [2.24, 2.45) is 5.10 Å². The van der Waals surface area contributed by atoms with E-state index in [1.165, 1.54) is 18.0 Å². The van der Waals surface area contributed by atoms with E-state index in [0.29, 0.717) is 38.1 Å². The molecule has 3 rings (SSSR count). The molecule has 27 heavy (non-hydrogen) atoms. The average Bonchev–Trinajstić information content (AvgIpc) is 2.61. The molecule has 0 unspecified atom stereocenters. The number of nitrogens with zero attached hydrogens (tertiary/aromatic N) is 3. The van der Waals surface area contributed by atoms with Crippen LogP contribution in [0.3, 0.4) is 0 Å². The quantitative estimate of drug-likeness (QED) is 0.476. The van der Waals surface area contributed by atoms with Gasteiger partial charge in [0, 0.05) is 10.4 Å². The largest absolute Gasteiger partial charge is 0.494 e. The molecule has 0 saturated carbocycles. The van der Waals surface area contributed by atoms with E-state index < -0.39 is 0 Å². The van der Waals surface area contributed by atoms with Crippen LogP contribution in [0.25, 0.3) is 10.9 Å². The van der Waals surface area contributed by atoms with Gasteiger partial charge in [0.15, 0.2) is 5.75 Å². The number of benzene rings is 2. The molecule has 0 aliphatic rings. The molecule has 0 bridgehead atoms. The van der Waals surface area contributed by atoms with E-state index in [2.05, 4.69) is 26.0 Å². The fourth-order valence-corrected chi connectivity index (χ4v) is 3.64. The highest BCUT2D eigenvalue weighted by atomic mass is 79.9. The molecular weight excluding hydrogens is 453 g/mol. The minimum atomic E-state index is -0.244. The molecule has 0 fully saturated rings. The molecule has 0 radical (unpaired) electrons. The Morgan fingerprint density at radius 3 is 2.48 bits per heavy atom. The van der Waals surface area contributed by atoms with Crippen LogP contribution in [0.1, 0.15) is 31.2 Å². The van der Waals surface area contributed by atoms with Gasteiger partial charge < -0.3 is 4.74 Å². The number of hydrogen-bond acceptors (Lipinski definition) is 4. The van der Waals surface area contributed by atoms with E-state index in [9.17, 15) is 4.79 Å². The summed E-state index contributed by atoms with van der Waals surface area (Å²) >= 11 is 15.7. The molecule has 0 saturated heterocycles. The van der Waals surface area contributed by atoms with Crippen LogP contribution in [0, 0.1) is 0 Å². The second-order valence-corrected chi connectivity index (χ2v) is 7.90. The molecule has 0 aliphatic carbocycles. The van der Waals surface area contributed by atoms with E-state index in [0.717, 1.165) is 4.47 Å². The second kappa shape index (κ2) is 8.00. The molecule has 2 aromatic carbocycles. The standard InChI is InChI=1S/C19H16BrCl2N3O2/c1-10(2)18-24-16-5-4-12(20)8-13(16)19(26)25(18)23-9-11-6-14(21)17(27-3)15(22)7-11/h4-10H,1-3H3. The predicted octanol–water partition coefficient (Wildman–Crippen LogP) is 5.48. The molecule has 1 heterocycles. The SMILES string of the molecule is COc1c(Cl)cc(C=Nn2c(C(C)C)nc3ccc(Br)cc3c2=O)cc1Cl. The maximum Gasteiger partial charge on any atom is 0.282 e. The van der Waals surface area contributed by atoms with Crippen molar-refractivity contribution < 1.29 is 4.74 Å². The van der Waals surface area contributed by atoms with Crippen LogP contribution >= 0.6 is 39.1 Å². The first kappa shape index (κ1) is 19.9. The first-order valence-electron chi connectivity index (χ1n) is 8.11. The van der Waals surface area contributed by atoms with Crippen LogP contribution in [-0.2, 0) is 0 Å². The minimum Gasteiger partial charge on any atom is -0.494 e. The smallest absolute Gasteiger partial charge is 0.282 e. The topological polar surface area (TPSA) is 56.5 Å². The molecule has 0 spiro atoms. The van der Waals surface area contributed by atoms with Gasteiger partial charge in [-0.05, 0) is 35.9 Å². The zero-order valence-electron chi connectivity index (χ0n) is 14.8. The number of rotatable bonds is 4. The number of aromatic nitrogens is 2. The number of hydrogen-bond donors (Lipinski definition) is 0. The lowest BCUT2D eigenvalue weighted by Crippen LogP contribution is -2.23. The maximum absolute atomic E-state index is 13.0. The summed E-state index contributed by atoms with van der Waals surface area (Å²) < 4.78 is 7.26. The summed E-state index contributed by atoms with van der Waals surface area (Å²) in [5.74, 6) is 0.968. The van der Waals surface area contributed by atoms with E-state index in [1.54, 1.807) is 18.2 Å². The molecule has 3 aromatic rings. The van der Waals surface area contributed by atoms with Crippen molar-refractivity contribution in [1.29, 1.82) is 0 Å². The Morgan fingerprint density at radius 2 is 1.89 bits per heavy atom. The summed E-state index contributed by atoms with van der Waals surface area (Å²) in [7, 11) is 1.49. The lowest BCUT2D eigenvalue weighted by Gasteiger charge is -2.12. The van der Waals surface area contributed by atoms with Crippen LogP contribution in [0.2, 0.25) is 10.0 Å². The van der Waals surface area contributed by atoms with Crippen LogP contribution in [0.4, 0.5) is 0 Å². The normalized spacial score (nSPS) is 11.7. The van der Waals surface area contributed by atoms with Crippen molar-refractivity contribution in [3.8, 4) is 5.75 Å². The zero-order valence-corrected chi connectivity index (χ0v) is 17.9. The van der Waals surface area contributed by atoms with Gasteiger partial charge in [-0.3, -0.25) is 4.79 Å². The van der Waals surface area contributed by atoms with E-state index in [-0.39, 0.29) is 11.5 Å². The Morgan fingerprint density at radius 1 is 1.22 bits per heavy atom. The summed E-state index contributed by atoms with van der Waals surface area (Å²) in [6, 6.07) is 8.74. The lowest BCUT2D eigenvalue weighted by atomic mass is 10.2. The number of ether oxygens (including phenoxy) is 1. The van der Waals surface area contributed by atoms with Crippen LogP contribution in [0.5, 0.6) is 5.75 Å². The van der Waals surface area contributed by atoms with Gasteiger partial charge in [-0.2, -0.15) is 9.78 Å². The number of halogens is 3. The van der Waals surface area contributed by atoms with E-state index in [1.807, 2.05) is 26.0 Å². The summed E-state index contributed by atoms with van der Waals surface area (Å²) in [5.41, 5.74) is 1.03. The minimum absolute atomic E-state index is 0.00550. The summed E-state index contributed by atoms with van der Waals surface area (Å²) in [4.78, 5) is 17.6. The molecular formula is C19H16BrCl2N3O2. The average molecular weight is 469 g/mol. The molecule has 0 amide bonds. The van der Waals surface area contributed by atoms with E-state index >= 15 is 0 Å². The molecule has 1 aromatic heterocycles. The second-order valence-electron chi connectivity index (χ2n) is 6.17. The highest BCUT2D eigenvalue weighted by molar-refractivity contribution is 9.10. The van der Waals surface area contributed by atoms with Gasteiger partial charge in [0.05, 0.1) is 34.3 Å². The van der Waals surface area contributed by atoms with Crippen molar-refractivity contribution in [3.05, 3.63) is 66.6 Å². The Balaban J connectivity index is 2.16. The predicted molar refractivity (Wildman–Crippen MR) is 114 cm³/mol. The zero-order chi connectivity index (χ0) is 19.7. The highest BCUT2D eigenvalue weighted by Crippen LogP contribution is 2.33. The first-order valence-corrected chi connectivity index (χ1v) is 9.66. The van der Waals surface area contributed by atoms with Gasteiger partial charge >= 0.3 is 0 Å². The number of fused-ring (bicyclic) bond motifs is 1. The van der Waals surface area contributed by atoms with Gasteiger partial charge in [0.1, 0.15) is 5.82 Å². The lowest BCUT2D eigenvalue weighted by molar-refractivity contribution is 0.415. The Labute approximate surface area is 174 Å². The Bertz CT molecular complexity index is 1090. The molecule has 5 nitrogen and oxygen atoms in total.